The smallest absolute Gasteiger partial charge is 0.305 e. The Balaban J connectivity index is 2.51. The van der Waals surface area contributed by atoms with Gasteiger partial charge in [-0.3, -0.25) is 9.79 Å². The summed E-state index contributed by atoms with van der Waals surface area (Å²) in [5.74, 6) is 1.56. The van der Waals surface area contributed by atoms with Gasteiger partial charge in [-0.25, -0.2) is 0 Å². The molecule has 0 aliphatic rings. The molecular weight excluding hydrogens is 306 g/mol. The summed E-state index contributed by atoms with van der Waals surface area (Å²) >= 11 is 0. The minimum Gasteiger partial charge on any atom is -0.497 e. The second kappa shape index (κ2) is 11.3. The molecule has 0 aromatic heterocycles. The molecule has 0 atom stereocenters. The van der Waals surface area contributed by atoms with E-state index in [1.54, 1.807) is 7.11 Å². The molecule has 0 saturated carbocycles. The van der Waals surface area contributed by atoms with E-state index in [1.807, 2.05) is 26.1 Å². The molecule has 0 aliphatic heterocycles. The number of nitrogens with one attached hydrogen (secondary N) is 1. The maximum atomic E-state index is 11.1. The van der Waals surface area contributed by atoms with Crippen LogP contribution in [0.25, 0.3) is 0 Å². The van der Waals surface area contributed by atoms with Crippen molar-refractivity contribution in [2.24, 2.45) is 4.99 Å². The molecule has 0 spiro atoms. The van der Waals surface area contributed by atoms with Crippen LogP contribution in [0.5, 0.6) is 5.75 Å². The molecule has 1 rings (SSSR count). The number of esters is 1. The maximum absolute atomic E-state index is 11.1. The van der Waals surface area contributed by atoms with Gasteiger partial charge >= 0.3 is 5.97 Å². The standard InChI is InChI=1S/C18H29N3O3/c1-5-19-18(20-13-7-6-8-17(22)24-4)21(2)14-15-9-11-16(23-3)12-10-15/h9-12H,5-8,13-14H2,1-4H3,(H,19,20). The summed E-state index contributed by atoms with van der Waals surface area (Å²) in [6.07, 6.45) is 2.10. The molecule has 134 valence electrons. The molecule has 1 N–H and O–H groups in total. The monoisotopic (exact) mass is 335 g/mol. The Labute approximate surface area is 144 Å². The van der Waals surface area contributed by atoms with E-state index >= 15 is 0 Å². The summed E-state index contributed by atoms with van der Waals surface area (Å²) < 4.78 is 9.81. The van der Waals surface area contributed by atoms with Gasteiger partial charge in [0, 0.05) is 33.1 Å². The van der Waals surface area contributed by atoms with Crippen molar-refractivity contribution < 1.29 is 14.3 Å². The van der Waals surface area contributed by atoms with Crippen molar-refractivity contribution in [1.82, 2.24) is 10.2 Å². The summed E-state index contributed by atoms with van der Waals surface area (Å²) in [5, 5.41) is 3.30. The summed E-state index contributed by atoms with van der Waals surface area (Å²) in [4.78, 5) is 17.8. The highest BCUT2D eigenvalue weighted by atomic mass is 16.5. The Morgan fingerprint density at radius 1 is 1.21 bits per heavy atom. The Morgan fingerprint density at radius 3 is 2.50 bits per heavy atom. The van der Waals surface area contributed by atoms with E-state index in [1.165, 1.54) is 12.7 Å². The average molecular weight is 335 g/mol. The SMILES string of the molecule is CCNC(=NCCCCC(=O)OC)N(C)Cc1ccc(OC)cc1. The fraction of sp³-hybridized carbons (Fsp3) is 0.556. The average Bonchev–Trinajstić information content (AvgIpc) is 2.60. The maximum Gasteiger partial charge on any atom is 0.305 e. The molecule has 24 heavy (non-hydrogen) atoms. The lowest BCUT2D eigenvalue weighted by Crippen LogP contribution is -2.38. The first-order valence-electron chi connectivity index (χ1n) is 8.29. The van der Waals surface area contributed by atoms with E-state index < -0.39 is 0 Å². The number of rotatable bonds is 9. The second-order valence-electron chi connectivity index (χ2n) is 5.47. The molecule has 0 unspecified atom stereocenters. The third-order valence-electron chi connectivity index (χ3n) is 3.55. The topological polar surface area (TPSA) is 63.2 Å². The second-order valence-corrected chi connectivity index (χ2v) is 5.47. The van der Waals surface area contributed by atoms with Crippen LogP contribution in [0.1, 0.15) is 31.7 Å². The number of aliphatic imine (C=N–C) groups is 1. The number of carbonyl (C=O) groups excluding carboxylic acids is 1. The number of nitrogens with zero attached hydrogens (tertiary/aromatic N) is 2. The predicted octanol–water partition coefficient (Wildman–Crippen LogP) is 2.44. The van der Waals surface area contributed by atoms with Crippen molar-refractivity contribution in [3.05, 3.63) is 29.8 Å². The van der Waals surface area contributed by atoms with Gasteiger partial charge in [0.05, 0.1) is 14.2 Å². The van der Waals surface area contributed by atoms with E-state index in [9.17, 15) is 4.79 Å². The number of guanidine groups is 1. The Bertz CT molecular complexity index is 515. The van der Waals surface area contributed by atoms with Crippen LogP contribution in [0.15, 0.2) is 29.3 Å². The third kappa shape index (κ3) is 7.35. The van der Waals surface area contributed by atoms with Gasteiger partial charge in [0.15, 0.2) is 5.96 Å². The van der Waals surface area contributed by atoms with Gasteiger partial charge in [-0.15, -0.1) is 0 Å². The van der Waals surface area contributed by atoms with E-state index in [4.69, 9.17) is 4.74 Å². The van der Waals surface area contributed by atoms with Crippen molar-refractivity contribution in [2.45, 2.75) is 32.7 Å². The van der Waals surface area contributed by atoms with Gasteiger partial charge in [0.25, 0.3) is 0 Å². The summed E-state index contributed by atoms with van der Waals surface area (Å²) in [6.45, 7) is 4.31. The number of hydrogen-bond acceptors (Lipinski definition) is 4. The largest absolute Gasteiger partial charge is 0.497 e. The van der Waals surface area contributed by atoms with Crippen molar-refractivity contribution in [3.8, 4) is 5.75 Å². The van der Waals surface area contributed by atoms with Crippen LogP contribution >= 0.6 is 0 Å². The van der Waals surface area contributed by atoms with Gasteiger partial charge in [-0.1, -0.05) is 12.1 Å². The third-order valence-corrected chi connectivity index (χ3v) is 3.55. The molecule has 0 amide bonds. The molecule has 0 heterocycles. The molecule has 1 aromatic rings. The van der Waals surface area contributed by atoms with Crippen molar-refractivity contribution in [3.63, 3.8) is 0 Å². The molecule has 0 radical (unpaired) electrons. The van der Waals surface area contributed by atoms with Crippen LogP contribution in [0.2, 0.25) is 0 Å². The van der Waals surface area contributed by atoms with Gasteiger partial charge in [-0.05, 0) is 37.5 Å². The van der Waals surface area contributed by atoms with E-state index in [0.717, 1.165) is 37.6 Å². The quantitative estimate of drug-likeness (QED) is 0.325. The molecular formula is C18H29N3O3. The van der Waals surface area contributed by atoms with Crippen LogP contribution in [0.3, 0.4) is 0 Å². The molecule has 0 aliphatic carbocycles. The van der Waals surface area contributed by atoms with Crippen molar-refractivity contribution >= 4 is 11.9 Å². The van der Waals surface area contributed by atoms with Crippen LogP contribution in [-0.4, -0.2) is 51.2 Å². The highest BCUT2D eigenvalue weighted by Crippen LogP contribution is 2.12. The number of ether oxygens (including phenoxy) is 2. The normalized spacial score (nSPS) is 11.1. The summed E-state index contributed by atoms with van der Waals surface area (Å²) in [6, 6.07) is 8.02. The molecule has 0 fully saturated rings. The molecule has 0 saturated heterocycles. The Kier molecular flexibility index (Phi) is 9.34. The number of methoxy groups -OCH3 is 2. The fourth-order valence-electron chi connectivity index (χ4n) is 2.22. The van der Waals surface area contributed by atoms with Crippen LogP contribution in [0.4, 0.5) is 0 Å². The van der Waals surface area contributed by atoms with Gasteiger partial charge in [-0.2, -0.15) is 0 Å². The van der Waals surface area contributed by atoms with E-state index in [-0.39, 0.29) is 5.97 Å². The first kappa shape index (κ1) is 19.8. The highest BCUT2D eigenvalue weighted by Gasteiger charge is 2.07. The molecule has 6 nitrogen and oxygen atoms in total. The Hall–Kier alpha value is -2.24. The Morgan fingerprint density at radius 2 is 1.92 bits per heavy atom. The van der Waals surface area contributed by atoms with Gasteiger partial charge < -0.3 is 19.7 Å². The van der Waals surface area contributed by atoms with Crippen LogP contribution in [-0.2, 0) is 16.1 Å². The zero-order chi connectivity index (χ0) is 17.8. The zero-order valence-electron chi connectivity index (χ0n) is 15.2. The van der Waals surface area contributed by atoms with Crippen molar-refractivity contribution in [2.75, 3.05) is 34.4 Å². The minimum absolute atomic E-state index is 0.164. The van der Waals surface area contributed by atoms with Gasteiger partial charge in [0.2, 0.25) is 0 Å². The highest BCUT2D eigenvalue weighted by molar-refractivity contribution is 5.79. The summed E-state index contributed by atoms with van der Waals surface area (Å²) in [5.41, 5.74) is 1.19. The summed E-state index contributed by atoms with van der Waals surface area (Å²) in [7, 11) is 5.09. The lowest BCUT2D eigenvalue weighted by Gasteiger charge is -2.22. The first-order valence-corrected chi connectivity index (χ1v) is 8.29. The number of hydrogen-bond donors (Lipinski definition) is 1. The van der Waals surface area contributed by atoms with E-state index in [0.29, 0.717) is 13.0 Å². The fourth-order valence-corrected chi connectivity index (χ4v) is 2.22. The van der Waals surface area contributed by atoms with Gasteiger partial charge in [0.1, 0.15) is 5.75 Å². The van der Waals surface area contributed by atoms with Crippen molar-refractivity contribution in [1.29, 1.82) is 0 Å². The van der Waals surface area contributed by atoms with Crippen LogP contribution in [0, 0.1) is 0 Å². The minimum atomic E-state index is -0.164. The lowest BCUT2D eigenvalue weighted by molar-refractivity contribution is -0.140. The molecule has 0 bridgehead atoms. The van der Waals surface area contributed by atoms with Crippen LogP contribution < -0.4 is 10.1 Å². The number of carbonyl (C=O) groups is 1. The lowest BCUT2D eigenvalue weighted by atomic mass is 10.2. The first-order chi connectivity index (χ1) is 11.6. The predicted molar refractivity (Wildman–Crippen MR) is 96.3 cm³/mol. The molecule has 1 aromatic carbocycles. The van der Waals surface area contributed by atoms with E-state index in [2.05, 4.69) is 32.1 Å². The molecule has 6 heteroatoms. The number of benzene rings is 1. The number of unbranched alkanes of at least 4 members (excludes halogenated alkanes) is 1. The zero-order valence-corrected chi connectivity index (χ0v) is 15.2.